The number of carboxylic acids is 1. The summed E-state index contributed by atoms with van der Waals surface area (Å²) in [4.78, 5) is 25.3. The molecule has 0 aromatic carbocycles. The highest BCUT2D eigenvalue weighted by Gasteiger charge is 2.42. The van der Waals surface area contributed by atoms with Gasteiger partial charge in [-0.3, -0.25) is 9.59 Å². The maximum Gasteiger partial charge on any atom is 0.305 e. The number of carboxylic acid groups (broad SMARTS) is 1. The molecule has 0 spiro atoms. The molecule has 0 radical (unpaired) electrons. The van der Waals surface area contributed by atoms with Gasteiger partial charge < -0.3 is 14.7 Å². The van der Waals surface area contributed by atoms with Crippen molar-refractivity contribution in [3.8, 4) is 0 Å². The second kappa shape index (κ2) is 5.90. The van der Waals surface area contributed by atoms with Crippen LogP contribution < -0.4 is 0 Å². The molecular weight excluding hydrogens is 246 g/mol. The Kier molecular flexibility index (Phi) is 4.45. The minimum Gasteiger partial charge on any atom is -0.481 e. The van der Waals surface area contributed by atoms with Gasteiger partial charge in [-0.2, -0.15) is 0 Å². The minimum atomic E-state index is -0.825. The molecule has 108 valence electrons. The number of aliphatic carboxylic acids is 1. The van der Waals surface area contributed by atoms with E-state index in [0.717, 1.165) is 44.9 Å². The van der Waals surface area contributed by atoms with Crippen molar-refractivity contribution in [2.45, 2.75) is 63.0 Å². The van der Waals surface area contributed by atoms with Crippen molar-refractivity contribution in [3.63, 3.8) is 0 Å². The fraction of sp³-hybridized carbons (Fsp3) is 0.857. The molecule has 1 atom stereocenters. The highest BCUT2D eigenvalue weighted by atomic mass is 16.5. The number of nitrogens with zero attached hydrogens (tertiary/aromatic N) is 1. The first-order valence-electron chi connectivity index (χ1n) is 7.16. The first kappa shape index (κ1) is 14.3. The van der Waals surface area contributed by atoms with E-state index in [1.54, 1.807) is 11.9 Å². The van der Waals surface area contributed by atoms with Gasteiger partial charge in [0.1, 0.15) is 6.10 Å². The third kappa shape index (κ3) is 3.08. The molecule has 1 heterocycles. The Balaban J connectivity index is 2.11. The predicted molar refractivity (Wildman–Crippen MR) is 69.8 cm³/mol. The van der Waals surface area contributed by atoms with Crippen LogP contribution in [-0.2, 0) is 14.3 Å². The van der Waals surface area contributed by atoms with E-state index >= 15 is 0 Å². The van der Waals surface area contributed by atoms with Gasteiger partial charge in [-0.25, -0.2) is 0 Å². The summed E-state index contributed by atoms with van der Waals surface area (Å²) in [5.41, 5.74) is -0.507. The molecular formula is C14H23NO4. The molecule has 1 amide bonds. The smallest absolute Gasteiger partial charge is 0.305 e. The molecule has 0 unspecified atom stereocenters. The summed E-state index contributed by atoms with van der Waals surface area (Å²) in [6.07, 6.45) is 6.04. The van der Waals surface area contributed by atoms with E-state index in [4.69, 9.17) is 9.84 Å². The summed E-state index contributed by atoms with van der Waals surface area (Å²) >= 11 is 0. The largest absolute Gasteiger partial charge is 0.481 e. The zero-order valence-corrected chi connectivity index (χ0v) is 11.6. The van der Waals surface area contributed by atoms with Crippen molar-refractivity contribution < 1.29 is 19.4 Å². The normalized spacial score (nSPS) is 26.1. The average molecular weight is 269 g/mol. The summed E-state index contributed by atoms with van der Waals surface area (Å²) < 4.78 is 5.44. The molecule has 5 heteroatoms. The van der Waals surface area contributed by atoms with Crippen molar-refractivity contribution >= 4 is 11.9 Å². The molecule has 0 aromatic rings. The predicted octanol–water partition coefficient (Wildman–Crippen LogP) is 1.80. The second-order valence-electron chi connectivity index (χ2n) is 5.75. The quantitative estimate of drug-likeness (QED) is 0.845. The number of carbonyl (C=O) groups is 2. The van der Waals surface area contributed by atoms with Crippen LogP contribution in [0.4, 0.5) is 0 Å². The summed E-state index contributed by atoms with van der Waals surface area (Å²) in [5, 5.41) is 9.16. The Morgan fingerprint density at radius 3 is 2.47 bits per heavy atom. The van der Waals surface area contributed by atoms with Crippen LogP contribution >= 0.6 is 0 Å². The van der Waals surface area contributed by atoms with Gasteiger partial charge in [0, 0.05) is 13.7 Å². The van der Waals surface area contributed by atoms with Gasteiger partial charge >= 0.3 is 5.97 Å². The Morgan fingerprint density at radius 1 is 1.26 bits per heavy atom. The topological polar surface area (TPSA) is 66.8 Å². The molecule has 1 saturated carbocycles. The van der Waals surface area contributed by atoms with Gasteiger partial charge in [-0.15, -0.1) is 0 Å². The van der Waals surface area contributed by atoms with Crippen LogP contribution in [0.1, 0.15) is 51.4 Å². The van der Waals surface area contributed by atoms with E-state index in [1.165, 1.54) is 0 Å². The van der Waals surface area contributed by atoms with Crippen LogP contribution in [0.3, 0.4) is 0 Å². The first-order valence-corrected chi connectivity index (χ1v) is 7.16. The zero-order valence-electron chi connectivity index (χ0n) is 11.6. The van der Waals surface area contributed by atoms with Crippen LogP contribution in [0.25, 0.3) is 0 Å². The zero-order chi connectivity index (χ0) is 13.9. The number of rotatable bonds is 4. The lowest BCUT2D eigenvalue weighted by molar-refractivity contribution is -0.151. The number of carbonyl (C=O) groups excluding carboxylic acids is 1. The molecule has 1 aliphatic carbocycles. The van der Waals surface area contributed by atoms with Gasteiger partial charge in [0.15, 0.2) is 0 Å². The van der Waals surface area contributed by atoms with E-state index in [1.807, 2.05) is 0 Å². The van der Waals surface area contributed by atoms with Crippen molar-refractivity contribution in [2.75, 3.05) is 13.7 Å². The van der Waals surface area contributed by atoms with Crippen molar-refractivity contribution in [1.82, 2.24) is 4.90 Å². The molecule has 2 fully saturated rings. The lowest BCUT2D eigenvalue weighted by atomic mass is 9.78. The lowest BCUT2D eigenvalue weighted by Gasteiger charge is -2.44. The van der Waals surface area contributed by atoms with E-state index in [9.17, 15) is 9.59 Å². The van der Waals surface area contributed by atoms with Crippen LogP contribution in [-0.4, -0.2) is 47.2 Å². The van der Waals surface area contributed by atoms with Crippen molar-refractivity contribution in [3.05, 3.63) is 0 Å². The maximum atomic E-state index is 12.4. The second-order valence-corrected chi connectivity index (χ2v) is 5.75. The van der Waals surface area contributed by atoms with Gasteiger partial charge in [0.05, 0.1) is 12.0 Å². The molecule has 2 rings (SSSR count). The van der Waals surface area contributed by atoms with Gasteiger partial charge in [0.2, 0.25) is 0 Å². The molecule has 0 bridgehead atoms. The Morgan fingerprint density at radius 2 is 1.95 bits per heavy atom. The SMILES string of the molecule is CN(C(=O)[C@H]1CCCO1)C1(CC(=O)O)CCCCC1. The number of likely N-dealkylation sites (N-methyl/N-ethyl adjacent to an activating group) is 1. The molecule has 19 heavy (non-hydrogen) atoms. The van der Waals surface area contributed by atoms with Gasteiger partial charge in [-0.1, -0.05) is 19.3 Å². The summed E-state index contributed by atoms with van der Waals surface area (Å²) in [7, 11) is 1.75. The number of hydrogen-bond donors (Lipinski definition) is 1. The molecule has 2 aliphatic rings. The van der Waals surface area contributed by atoms with Gasteiger partial charge in [-0.05, 0) is 25.7 Å². The van der Waals surface area contributed by atoms with Crippen molar-refractivity contribution in [1.29, 1.82) is 0 Å². The lowest BCUT2D eigenvalue weighted by Crippen LogP contribution is -2.54. The summed E-state index contributed by atoms with van der Waals surface area (Å²) in [5.74, 6) is -0.866. The number of ether oxygens (including phenoxy) is 1. The average Bonchev–Trinajstić information content (AvgIpc) is 2.91. The fourth-order valence-electron chi connectivity index (χ4n) is 3.34. The van der Waals surface area contributed by atoms with Gasteiger partial charge in [0.25, 0.3) is 5.91 Å². The Labute approximate surface area is 113 Å². The third-order valence-electron chi connectivity index (χ3n) is 4.51. The Bertz CT molecular complexity index is 343. The number of hydrogen-bond acceptors (Lipinski definition) is 3. The van der Waals surface area contributed by atoms with Crippen LogP contribution in [0.5, 0.6) is 0 Å². The summed E-state index contributed by atoms with van der Waals surface area (Å²) in [6.45, 7) is 0.635. The third-order valence-corrected chi connectivity index (χ3v) is 4.51. The highest BCUT2D eigenvalue weighted by molar-refractivity contribution is 5.82. The standard InChI is InChI=1S/C14H23NO4/c1-15(13(18)11-6-5-9-19-11)14(10-12(16)17)7-3-2-4-8-14/h11H,2-10H2,1H3,(H,16,17)/t11-/m1/s1. The van der Waals surface area contributed by atoms with Crippen molar-refractivity contribution in [2.24, 2.45) is 0 Å². The first-order chi connectivity index (χ1) is 9.05. The molecule has 5 nitrogen and oxygen atoms in total. The minimum absolute atomic E-state index is 0.0411. The van der Waals surface area contributed by atoms with E-state index in [0.29, 0.717) is 6.61 Å². The molecule has 1 N–H and O–H groups in total. The van der Waals surface area contributed by atoms with E-state index < -0.39 is 11.5 Å². The molecule has 1 aliphatic heterocycles. The maximum absolute atomic E-state index is 12.4. The summed E-state index contributed by atoms with van der Waals surface area (Å²) in [6, 6.07) is 0. The highest BCUT2D eigenvalue weighted by Crippen LogP contribution is 2.36. The van der Waals surface area contributed by atoms with Crippen LogP contribution in [0, 0.1) is 0 Å². The van der Waals surface area contributed by atoms with Crippen LogP contribution in [0.15, 0.2) is 0 Å². The fourth-order valence-corrected chi connectivity index (χ4v) is 3.34. The van der Waals surface area contributed by atoms with Crippen LogP contribution in [0.2, 0.25) is 0 Å². The van der Waals surface area contributed by atoms with E-state index in [2.05, 4.69) is 0 Å². The molecule has 1 saturated heterocycles. The van der Waals surface area contributed by atoms with E-state index in [-0.39, 0.29) is 18.4 Å². The molecule has 0 aromatic heterocycles. The number of amides is 1. The Hall–Kier alpha value is -1.10. The monoisotopic (exact) mass is 269 g/mol.